The molecule has 1 rings (SSSR count). The van der Waals surface area contributed by atoms with Gasteiger partial charge in [-0.05, 0) is 46.7 Å². The number of rotatable bonds is 4. The van der Waals surface area contributed by atoms with Gasteiger partial charge in [-0.25, -0.2) is 0 Å². The quantitative estimate of drug-likeness (QED) is 0.584. The number of ether oxygens (including phenoxy) is 2. The fraction of sp³-hybridized carbons (Fsp3) is 0.917. The van der Waals surface area contributed by atoms with E-state index in [-0.39, 0.29) is 5.97 Å². The largest absolute Gasteiger partial charge is 0.463 e. The number of hydrogen-bond acceptors (Lipinski definition) is 4. The molecule has 1 saturated heterocycles. The average molecular weight is 229 g/mol. The predicted octanol–water partition coefficient (Wildman–Crippen LogP) is 1.34. The lowest BCUT2D eigenvalue weighted by molar-refractivity contribution is -0.155. The van der Waals surface area contributed by atoms with Crippen LogP contribution in [0, 0.1) is 5.41 Å². The molecule has 0 amide bonds. The maximum absolute atomic E-state index is 11.4. The Balaban J connectivity index is 2.05. The molecule has 0 saturated carbocycles. The van der Waals surface area contributed by atoms with Crippen LogP contribution in [0.4, 0.5) is 0 Å². The summed E-state index contributed by atoms with van der Waals surface area (Å²) in [6.07, 6.45) is 2.43. The lowest BCUT2D eigenvalue weighted by Gasteiger charge is -2.23. The molecule has 0 radical (unpaired) electrons. The molecule has 4 nitrogen and oxygen atoms in total. The summed E-state index contributed by atoms with van der Waals surface area (Å²) in [5, 5.41) is 3.28. The Morgan fingerprint density at radius 3 is 2.44 bits per heavy atom. The van der Waals surface area contributed by atoms with E-state index in [2.05, 4.69) is 5.32 Å². The van der Waals surface area contributed by atoms with Crippen LogP contribution in [0.2, 0.25) is 0 Å². The molecule has 0 aromatic heterocycles. The number of carbonyl (C=O) groups is 1. The van der Waals surface area contributed by atoms with E-state index in [0.29, 0.717) is 19.3 Å². The molecule has 0 bridgehead atoms. The highest BCUT2D eigenvalue weighted by molar-refractivity contribution is 5.75. The first-order valence-corrected chi connectivity index (χ1v) is 5.99. The van der Waals surface area contributed by atoms with Crippen molar-refractivity contribution < 1.29 is 14.3 Å². The smallest absolute Gasteiger partial charge is 0.311 e. The fourth-order valence-corrected chi connectivity index (χ4v) is 1.53. The highest BCUT2D eigenvalue weighted by Gasteiger charge is 2.22. The van der Waals surface area contributed by atoms with E-state index in [1.165, 1.54) is 0 Å². The molecule has 1 N–H and O–H groups in total. The van der Waals surface area contributed by atoms with Gasteiger partial charge < -0.3 is 14.8 Å². The van der Waals surface area contributed by atoms with Crippen molar-refractivity contribution in [2.45, 2.75) is 39.7 Å². The molecule has 94 valence electrons. The zero-order valence-corrected chi connectivity index (χ0v) is 10.5. The minimum absolute atomic E-state index is 0.165. The monoisotopic (exact) mass is 229 g/mol. The fourth-order valence-electron chi connectivity index (χ4n) is 1.53. The minimum atomic E-state index is -0.422. The SMILES string of the molecule is CC(C)(C)C(=O)OCCOC1CCNCC1. The first-order chi connectivity index (χ1) is 7.50. The van der Waals surface area contributed by atoms with E-state index in [9.17, 15) is 4.79 Å². The van der Waals surface area contributed by atoms with Crippen LogP contribution in [0.15, 0.2) is 0 Å². The summed E-state index contributed by atoms with van der Waals surface area (Å²) in [7, 11) is 0. The Bertz CT molecular complexity index is 217. The predicted molar refractivity (Wildman–Crippen MR) is 62.3 cm³/mol. The van der Waals surface area contributed by atoms with Crippen molar-refractivity contribution in [3.63, 3.8) is 0 Å². The average Bonchev–Trinajstić information content (AvgIpc) is 2.24. The van der Waals surface area contributed by atoms with Crippen molar-refractivity contribution in [2.75, 3.05) is 26.3 Å². The molecule has 4 heteroatoms. The summed E-state index contributed by atoms with van der Waals surface area (Å²) in [4.78, 5) is 11.4. The molecular formula is C12H23NO3. The van der Waals surface area contributed by atoms with Gasteiger partial charge in [0, 0.05) is 0 Å². The van der Waals surface area contributed by atoms with Crippen molar-refractivity contribution in [1.82, 2.24) is 5.32 Å². The van der Waals surface area contributed by atoms with Gasteiger partial charge in [-0.15, -0.1) is 0 Å². The first kappa shape index (κ1) is 13.5. The van der Waals surface area contributed by atoms with Crippen LogP contribution in [0.5, 0.6) is 0 Å². The van der Waals surface area contributed by atoms with E-state index in [0.717, 1.165) is 25.9 Å². The highest BCUT2D eigenvalue weighted by Crippen LogP contribution is 2.15. The summed E-state index contributed by atoms with van der Waals surface area (Å²) < 4.78 is 10.7. The van der Waals surface area contributed by atoms with Gasteiger partial charge in [0.1, 0.15) is 6.61 Å². The minimum Gasteiger partial charge on any atom is -0.463 e. The maximum atomic E-state index is 11.4. The van der Waals surface area contributed by atoms with Gasteiger partial charge in [-0.2, -0.15) is 0 Å². The van der Waals surface area contributed by atoms with Crippen LogP contribution in [0.1, 0.15) is 33.6 Å². The zero-order valence-electron chi connectivity index (χ0n) is 10.5. The summed E-state index contributed by atoms with van der Waals surface area (Å²) in [6.45, 7) is 8.46. The number of piperidine rings is 1. The van der Waals surface area contributed by atoms with E-state index in [1.807, 2.05) is 20.8 Å². The lowest BCUT2D eigenvalue weighted by atomic mass is 9.97. The molecule has 0 unspecified atom stereocenters. The van der Waals surface area contributed by atoms with E-state index < -0.39 is 5.41 Å². The van der Waals surface area contributed by atoms with Gasteiger partial charge in [0.15, 0.2) is 0 Å². The molecular weight excluding hydrogens is 206 g/mol. The third-order valence-electron chi connectivity index (χ3n) is 2.57. The van der Waals surface area contributed by atoms with Gasteiger partial charge in [0.25, 0.3) is 0 Å². The Kier molecular flexibility index (Phi) is 5.22. The third-order valence-corrected chi connectivity index (χ3v) is 2.57. The van der Waals surface area contributed by atoms with Crippen LogP contribution < -0.4 is 5.32 Å². The number of nitrogens with one attached hydrogen (secondary N) is 1. The molecule has 16 heavy (non-hydrogen) atoms. The van der Waals surface area contributed by atoms with Gasteiger partial charge in [0.2, 0.25) is 0 Å². The molecule has 0 aromatic carbocycles. The van der Waals surface area contributed by atoms with E-state index in [1.54, 1.807) is 0 Å². The highest BCUT2D eigenvalue weighted by atomic mass is 16.6. The number of esters is 1. The van der Waals surface area contributed by atoms with Gasteiger partial charge in [0.05, 0.1) is 18.1 Å². The second kappa shape index (κ2) is 6.21. The van der Waals surface area contributed by atoms with Crippen LogP contribution in [-0.4, -0.2) is 38.4 Å². The summed E-state index contributed by atoms with van der Waals surface area (Å²) in [6, 6.07) is 0. The van der Waals surface area contributed by atoms with Crippen LogP contribution in [0.3, 0.4) is 0 Å². The van der Waals surface area contributed by atoms with E-state index >= 15 is 0 Å². The zero-order chi connectivity index (χ0) is 12.0. The van der Waals surface area contributed by atoms with Crippen LogP contribution >= 0.6 is 0 Å². The lowest BCUT2D eigenvalue weighted by Crippen LogP contribution is -2.33. The molecule has 1 aliphatic rings. The Hall–Kier alpha value is -0.610. The van der Waals surface area contributed by atoms with Gasteiger partial charge in [-0.3, -0.25) is 4.79 Å². The van der Waals surface area contributed by atoms with Crippen LogP contribution in [0.25, 0.3) is 0 Å². The Labute approximate surface area is 97.7 Å². The maximum Gasteiger partial charge on any atom is 0.311 e. The number of carbonyl (C=O) groups excluding carboxylic acids is 1. The third kappa shape index (κ3) is 4.94. The van der Waals surface area contributed by atoms with Crippen molar-refractivity contribution in [3.05, 3.63) is 0 Å². The second-order valence-electron chi connectivity index (χ2n) is 5.21. The molecule has 0 aromatic rings. The Morgan fingerprint density at radius 1 is 1.25 bits per heavy atom. The van der Waals surface area contributed by atoms with Gasteiger partial charge >= 0.3 is 5.97 Å². The topological polar surface area (TPSA) is 47.6 Å². The molecule has 0 aliphatic carbocycles. The van der Waals surface area contributed by atoms with Gasteiger partial charge in [-0.1, -0.05) is 0 Å². The summed E-state index contributed by atoms with van der Waals surface area (Å²) >= 11 is 0. The molecule has 1 heterocycles. The standard InChI is InChI=1S/C12H23NO3/c1-12(2,3)11(14)16-9-8-15-10-4-6-13-7-5-10/h10,13H,4-9H2,1-3H3. The van der Waals surface area contributed by atoms with Crippen molar-refractivity contribution in [1.29, 1.82) is 0 Å². The van der Waals surface area contributed by atoms with Crippen molar-refractivity contribution >= 4 is 5.97 Å². The number of hydrogen-bond donors (Lipinski definition) is 1. The first-order valence-electron chi connectivity index (χ1n) is 5.99. The Morgan fingerprint density at radius 2 is 1.88 bits per heavy atom. The molecule has 1 aliphatic heterocycles. The molecule has 1 fully saturated rings. The summed E-state index contributed by atoms with van der Waals surface area (Å²) in [5.74, 6) is -0.165. The van der Waals surface area contributed by atoms with Crippen molar-refractivity contribution in [2.24, 2.45) is 5.41 Å². The van der Waals surface area contributed by atoms with Crippen molar-refractivity contribution in [3.8, 4) is 0 Å². The molecule has 0 spiro atoms. The summed E-state index contributed by atoms with van der Waals surface area (Å²) in [5.41, 5.74) is -0.422. The van der Waals surface area contributed by atoms with Crippen LogP contribution in [-0.2, 0) is 14.3 Å². The molecule has 0 atom stereocenters. The normalized spacial score (nSPS) is 18.4. The van der Waals surface area contributed by atoms with E-state index in [4.69, 9.17) is 9.47 Å². The second-order valence-corrected chi connectivity index (χ2v) is 5.21.